The molecule has 0 amide bonds. The fourth-order valence-electron chi connectivity index (χ4n) is 0.807. The molecule has 48 valence electrons. The zero-order chi connectivity index (χ0) is 5.82. The van der Waals surface area contributed by atoms with Crippen LogP contribution in [0.2, 0.25) is 0 Å². The Hall–Kier alpha value is 1.04. The standard InChI is InChI=1S/C5H10INS/c6-7-5-1-3-8-4-2-5/h5,7H,1-4H2. The molecule has 1 fully saturated rings. The number of nitrogens with one attached hydrogen (secondary N) is 1. The van der Waals surface area contributed by atoms with Gasteiger partial charge in [0.2, 0.25) is 0 Å². The lowest BCUT2D eigenvalue weighted by atomic mass is 10.2. The van der Waals surface area contributed by atoms with Crippen molar-refractivity contribution in [1.82, 2.24) is 3.53 Å². The van der Waals surface area contributed by atoms with Crippen molar-refractivity contribution in [2.24, 2.45) is 0 Å². The fraction of sp³-hybridized carbons (Fsp3) is 1.00. The molecule has 0 aromatic carbocycles. The van der Waals surface area contributed by atoms with Crippen LogP contribution in [0.5, 0.6) is 0 Å². The first-order valence-corrected chi connectivity index (χ1v) is 5.10. The van der Waals surface area contributed by atoms with E-state index in [0.29, 0.717) is 0 Å². The van der Waals surface area contributed by atoms with Gasteiger partial charge in [-0.25, -0.2) is 0 Å². The number of rotatable bonds is 1. The van der Waals surface area contributed by atoms with Crippen molar-refractivity contribution < 1.29 is 0 Å². The molecule has 0 bridgehead atoms. The van der Waals surface area contributed by atoms with E-state index in [1.807, 2.05) is 0 Å². The molecule has 0 saturated carbocycles. The van der Waals surface area contributed by atoms with Crippen molar-refractivity contribution in [1.29, 1.82) is 0 Å². The summed E-state index contributed by atoms with van der Waals surface area (Å²) in [7, 11) is 0. The van der Waals surface area contributed by atoms with Crippen LogP contribution < -0.4 is 3.53 Å². The molecular weight excluding hydrogens is 233 g/mol. The van der Waals surface area contributed by atoms with Gasteiger partial charge in [0.05, 0.1) is 0 Å². The van der Waals surface area contributed by atoms with Gasteiger partial charge in [0.15, 0.2) is 0 Å². The highest BCUT2D eigenvalue weighted by Gasteiger charge is 2.10. The van der Waals surface area contributed by atoms with Crippen LogP contribution in [-0.2, 0) is 0 Å². The first-order chi connectivity index (χ1) is 3.93. The van der Waals surface area contributed by atoms with Crippen molar-refractivity contribution in [2.75, 3.05) is 11.5 Å². The van der Waals surface area contributed by atoms with E-state index in [4.69, 9.17) is 0 Å². The normalized spacial score (nSPS) is 23.6. The second-order valence-corrected chi connectivity index (χ2v) is 3.84. The van der Waals surface area contributed by atoms with E-state index in [2.05, 4.69) is 38.2 Å². The van der Waals surface area contributed by atoms with Crippen LogP contribution in [0.15, 0.2) is 0 Å². The van der Waals surface area contributed by atoms with E-state index in [0.717, 1.165) is 6.04 Å². The van der Waals surface area contributed by atoms with E-state index in [1.54, 1.807) is 0 Å². The van der Waals surface area contributed by atoms with Crippen molar-refractivity contribution in [2.45, 2.75) is 18.9 Å². The first kappa shape index (κ1) is 7.15. The lowest BCUT2D eigenvalue weighted by Gasteiger charge is -2.18. The maximum atomic E-state index is 3.26. The van der Waals surface area contributed by atoms with Gasteiger partial charge in [-0.2, -0.15) is 11.8 Å². The lowest BCUT2D eigenvalue weighted by molar-refractivity contribution is 0.601. The Bertz CT molecular complexity index is 63.4. The Labute approximate surface area is 68.5 Å². The second-order valence-electron chi connectivity index (χ2n) is 2.00. The molecule has 1 heterocycles. The minimum absolute atomic E-state index is 0.803. The number of hydrogen-bond donors (Lipinski definition) is 1. The summed E-state index contributed by atoms with van der Waals surface area (Å²) in [5.74, 6) is 2.70. The molecule has 0 atom stereocenters. The average molecular weight is 243 g/mol. The molecule has 1 aliphatic heterocycles. The van der Waals surface area contributed by atoms with Crippen LogP contribution in [-0.4, -0.2) is 17.5 Å². The molecule has 3 heteroatoms. The third-order valence-electron chi connectivity index (χ3n) is 1.38. The number of hydrogen-bond acceptors (Lipinski definition) is 2. The largest absolute Gasteiger partial charge is 0.258 e. The van der Waals surface area contributed by atoms with Crippen molar-refractivity contribution in [3.63, 3.8) is 0 Å². The van der Waals surface area contributed by atoms with Crippen LogP contribution >= 0.6 is 34.6 Å². The number of thioether (sulfide) groups is 1. The Balaban J connectivity index is 2.13. The van der Waals surface area contributed by atoms with E-state index in [-0.39, 0.29) is 0 Å². The smallest absolute Gasteiger partial charge is 0.0179 e. The highest BCUT2D eigenvalue weighted by molar-refractivity contribution is 14.1. The first-order valence-electron chi connectivity index (χ1n) is 2.87. The molecule has 0 aliphatic carbocycles. The van der Waals surface area contributed by atoms with Crippen molar-refractivity contribution in [3.8, 4) is 0 Å². The predicted octanol–water partition coefficient (Wildman–Crippen LogP) is 1.82. The monoisotopic (exact) mass is 243 g/mol. The third kappa shape index (κ3) is 2.11. The Kier molecular flexibility index (Phi) is 3.53. The number of halogens is 1. The maximum absolute atomic E-state index is 3.26. The molecule has 1 saturated heterocycles. The van der Waals surface area contributed by atoms with Crippen molar-refractivity contribution in [3.05, 3.63) is 0 Å². The summed E-state index contributed by atoms with van der Waals surface area (Å²) in [4.78, 5) is 0. The molecule has 1 nitrogen and oxygen atoms in total. The van der Waals surface area contributed by atoms with Crippen LogP contribution in [0, 0.1) is 0 Å². The van der Waals surface area contributed by atoms with Gasteiger partial charge in [0, 0.05) is 28.9 Å². The highest BCUT2D eigenvalue weighted by Crippen LogP contribution is 2.17. The molecule has 0 aromatic rings. The fourth-order valence-corrected chi connectivity index (χ4v) is 2.54. The van der Waals surface area contributed by atoms with Gasteiger partial charge >= 0.3 is 0 Å². The summed E-state index contributed by atoms with van der Waals surface area (Å²) in [6.45, 7) is 0. The molecule has 8 heavy (non-hydrogen) atoms. The van der Waals surface area contributed by atoms with Gasteiger partial charge < -0.3 is 0 Å². The van der Waals surface area contributed by atoms with Crippen LogP contribution in [0.1, 0.15) is 12.8 Å². The van der Waals surface area contributed by atoms with Crippen LogP contribution in [0.4, 0.5) is 0 Å². The highest BCUT2D eigenvalue weighted by atomic mass is 127. The molecule has 0 radical (unpaired) electrons. The summed E-state index contributed by atoms with van der Waals surface area (Å²) >= 11 is 4.32. The van der Waals surface area contributed by atoms with Gasteiger partial charge in [-0.1, -0.05) is 0 Å². The minimum atomic E-state index is 0.803. The van der Waals surface area contributed by atoms with E-state index >= 15 is 0 Å². The van der Waals surface area contributed by atoms with Gasteiger partial charge in [0.25, 0.3) is 0 Å². The van der Waals surface area contributed by atoms with E-state index in [9.17, 15) is 0 Å². The van der Waals surface area contributed by atoms with Crippen LogP contribution in [0.3, 0.4) is 0 Å². The average Bonchev–Trinajstić information content (AvgIpc) is 1.90. The molecule has 0 spiro atoms. The van der Waals surface area contributed by atoms with Gasteiger partial charge in [-0.05, 0) is 24.3 Å². The van der Waals surface area contributed by atoms with Gasteiger partial charge in [-0.15, -0.1) is 0 Å². The zero-order valence-electron chi connectivity index (χ0n) is 4.69. The molecular formula is C5H10INS. The summed E-state index contributed by atoms with van der Waals surface area (Å²) in [5.41, 5.74) is 0. The zero-order valence-corrected chi connectivity index (χ0v) is 7.67. The topological polar surface area (TPSA) is 12.0 Å². The maximum Gasteiger partial charge on any atom is 0.0179 e. The van der Waals surface area contributed by atoms with Crippen LogP contribution in [0.25, 0.3) is 0 Å². The summed E-state index contributed by atoms with van der Waals surface area (Å²) in [6.07, 6.45) is 2.71. The second kappa shape index (κ2) is 3.95. The molecule has 1 rings (SSSR count). The third-order valence-corrected chi connectivity index (χ3v) is 3.31. The van der Waals surface area contributed by atoms with Crippen molar-refractivity contribution >= 4 is 34.6 Å². The quantitative estimate of drug-likeness (QED) is 0.557. The summed E-state index contributed by atoms with van der Waals surface area (Å²) < 4.78 is 3.26. The molecule has 1 N–H and O–H groups in total. The van der Waals surface area contributed by atoms with E-state index in [1.165, 1.54) is 24.3 Å². The Morgan fingerprint density at radius 2 is 2.00 bits per heavy atom. The molecule has 0 aromatic heterocycles. The summed E-state index contributed by atoms with van der Waals surface area (Å²) in [5, 5.41) is 0. The lowest BCUT2D eigenvalue weighted by Crippen LogP contribution is -2.24. The predicted molar refractivity (Wildman–Crippen MR) is 47.5 cm³/mol. The molecule has 0 unspecified atom stereocenters. The Morgan fingerprint density at radius 3 is 2.38 bits per heavy atom. The van der Waals surface area contributed by atoms with Gasteiger partial charge in [-0.3, -0.25) is 3.53 Å². The Morgan fingerprint density at radius 1 is 1.38 bits per heavy atom. The SMILES string of the molecule is INC1CCSCC1. The molecule has 1 aliphatic rings. The van der Waals surface area contributed by atoms with Gasteiger partial charge in [0.1, 0.15) is 0 Å². The summed E-state index contributed by atoms with van der Waals surface area (Å²) in [6, 6.07) is 0.803. The van der Waals surface area contributed by atoms with E-state index < -0.39 is 0 Å². The minimum Gasteiger partial charge on any atom is -0.258 e.